The summed E-state index contributed by atoms with van der Waals surface area (Å²) in [7, 11) is 0. The van der Waals surface area contributed by atoms with Crippen LogP contribution in [0.2, 0.25) is 10.0 Å². The van der Waals surface area contributed by atoms with Crippen molar-refractivity contribution in [1.82, 2.24) is 15.1 Å². The van der Waals surface area contributed by atoms with Crippen molar-refractivity contribution in [2.45, 2.75) is 43.2 Å². The van der Waals surface area contributed by atoms with Crippen LogP contribution in [0.5, 0.6) is 0 Å². The number of urea groups is 1. The molecule has 2 aromatic rings. The summed E-state index contributed by atoms with van der Waals surface area (Å²) in [6, 6.07) is 10.5. The van der Waals surface area contributed by atoms with Gasteiger partial charge in [0.1, 0.15) is 11.1 Å². The second-order valence-electron chi connectivity index (χ2n) is 9.76. The molecule has 0 saturated carbocycles. The standard InChI is InChI=1S/C26H24Cl2N4O4/c27-17-2-4-19-16(12-17)6-7-26(19)23(34)32(24(35)30-26)10-1-9-31-11-8-25(14-22(31)33)20-13-18(28)3-5-21(20)29-15-36-25/h2-5,12-13,15H,1,6-11,14H2,(H,30,35). The number of ether oxygens (including phenoxy) is 1. The highest BCUT2D eigenvalue weighted by atomic mass is 35.5. The van der Waals surface area contributed by atoms with E-state index in [9.17, 15) is 14.4 Å². The van der Waals surface area contributed by atoms with Crippen molar-refractivity contribution >= 4 is 53.1 Å². The molecule has 6 rings (SSSR count). The largest absolute Gasteiger partial charge is 0.471 e. The smallest absolute Gasteiger partial charge is 0.325 e. The van der Waals surface area contributed by atoms with E-state index >= 15 is 0 Å². The SMILES string of the molecule is O=C1CC2(CCN1CCCN1C(=O)NC3(CCc4cc(Cl)ccc43)C1=O)OC=Nc1ccc(Cl)cc12. The van der Waals surface area contributed by atoms with E-state index in [1.807, 2.05) is 24.3 Å². The molecule has 8 nitrogen and oxygen atoms in total. The summed E-state index contributed by atoms with van der Waals surface area (Å²) in [5.41, 5.74) is 1.61. The van der Waals surface area contributed by atoms with Crippen LogP contribution in [0.1, 0.15) is 42.4 Å². The van der Waals surface area contributed by atoms with Crippen LogP contribution >= 0.6 is 23.2 Å². The van der Waals surface area contributed by atoms with Crippen molar-refractivity contribution in [2.24, 2.45) is 4.99 Å². The third-order valence-electron chi connectivity index (χ3n) is 7.78. The number of rotatable bonds is 4. The molecule has 2 atom stereocenters. The molecule has 4 amide bonds. The molecule has 1 aliphatic carbocycles. The minimum Gasteiger partial charge on any atom is -0.471 e. The van der Waals surface area contributed by atoms with Gasteiger partial charge < -0.3 is 15.0 Å². The molecule has 2 fully saturated rings. The highest BCUT2D eigenvalue weighted by molar-refractivity contribution is 6.31. The minimum atomic E-state index is -1.02. The Bertz CT molecular complexity index is 1330. The summed E-state index contributed by atoms with van der Waals surface area (Å²) in [6.07, 6.45) is 3.88. The zero-order valence-corrected chi connectivity index (χ0v) is 20.9. The Hall–Kier alpha value is -3.10. The van der Waals surface area contributed by atoms with Crippen LogP contribution in [0.4, 0.5) is 10.5 Å². The number of hydrogen-bond donors (Lipinski definition) is 1. The van der Waals surface area contributed by atoms with E-state index in [1.165, 1.54) is 11.3 Å². The first-order valence-electron chi connectivity index (χ1n) is 12.0. The van der Waals surface area contributed by atoms with Gasteiger partial charge in [0.25, 0.3) is 5.91 Å². The first kappa shape index (κ1) is 23.3. The van der Waals surface area contributed by atoms with Gasteiger partial charge in [-0.2, -0.15) is 0 Å². The maximum absolute atomic E-state index is 13.4. The molecule has 2 spiro atoms. The lowest BCUT2D eigenvalue weighted by atomic mass is 9.82. The summed E-state index contributed by atoms with van der Waals surface area (Å²) in [6.45, 7) is 1.18. The molecule has 0 bridgehead atoms. The van der Waals surface area contributed by atoms with Gasteiger partial charge in [-0.25, -0.2) is 9.79 Å². The Morgan fingerprint density at radius 1 is 1.00 bits per heavy atom. The van der Waals surface area contributed by atoms with Gasteiger partial charge in [0.05, 0.1) is 12.1 Å². The Balaban J connectivity index is 1.10. The van der Waals surface area contributed by atoms with Crippen molar-refractivity contribution in [1.29, 1.82) is 0 Å². The number of hydrogen-bond acceptors (Lipinski definition) is 5. The molecule has 186 valence electrons. The molecule has 10 heteroatoms. The maximum atomic E-state index is 13.4. The molecule has 2 aromatic carbocycles. The quantitative estimate of drug-likeness (QED) is 0.601. The molecule has 0 aromatic heterocycles. The predicted octanol–water partition coefficient (Wildman–Crippen LogP) is 4.28. The summed E-state index contributed by atoms with van der Waals surface area (Å²) in [5.74, 6) is -0.279. The number of carbonyl (C=O) groups excluding carboxylic acids is 3. The molecular formula is C26H24Cl2N4O4. The number of halogens is 2. The Kier molecular flexibility index (Phi) is 5.50. The number of likely N-dealkylation sites (tertiary alicyclic amines) is 1. The van der Waals surface area contributed by atoms with Gasteiger partial charge in [0.2, 0.25) is 5.91 Å². The second kappa shape index (κ2) is 8.49. The van der Waals surface area contributed by atoms with Gasteiger partial charge in [0, 0.05) is 41.7 Å². The molecule has 1 N–H and O–H groups in total. The first-order chi connectivity index (χ1) is 17.3. The van der Waals surface area contributed by atoms with E-state index in [0.29, 0.717) is 48.8 Å². The monoisotopic (exact) mass is 526 g/mol. The van der Waals surface area contributed by atoms with Crippen LogP contribution in [-0.4, -0.2) is 53.7 Å². The molecule has 2 unspecified atom stereocenters. The molecule has 36 heavy (non-hydrogen) atoms. The molecular weight excluding hydrogens is 503 g/mol. The molecule has 3 heterocycles. The van der Waals surface area contributed by atoms with Crippen LogP contribution in [0.15, 0.2) is 41.4 Å². The number of nitrogens with one attached hydrogen (secondary N) is 1. The van der Waals surface area contributed by atoms with Crippen LogP contribution in [0, 0.1) is 0 Å². The van der Waals surface area contributed by atoms with E-state index < -0.39 is 17.2 Å². The van der Waals surface area contributed by atoms with E-state index in [-0.39, 0.29) is 24.8 Å². The van der Waals surface area contributed by atoms with Crippen LogP contribution < -0.4 is 5.32 Å². The number of benzene rings is 2. The van der Waals surface area contributed by atoms with Gasteiger partial charge >= 0.3 is 6.03 Å². The topological polar surface area (TPSA) is 91.3 Å². The lowest BCUT2D eigenvalue weighted by Crippen LogP contribution is -2.49. The summed E-state index contributed by atoms with van der Waals surface area (Å²) in [4.78, 5) is 46.5. The van der Waals surface area contributed by atoms with E-state index in [4.69, 9.17) is 27.9 Å². The number of fused-ring (bicyclic) bond motifs is 4. The summed E-state index contributed by atoms with van der Waals surface area (Å²) in [5, 5.41) is 4.12. The van der Waals surface area contributed by atoms with Crippen molar-refractivity contribution in [3.05, 3.63) is 63.1 Å². The average Bonchev–Trinajstić information content (AvgIpc) is 3.32. The van der Waals surface area contributed by atoms with E-state index in [0.717, 1.165) is 22.4 Å². The van der Waals surface area contributed by atoms with Crippen molar-refractivity contribution in [2.75, 3.05) is 19.6 Å². The molecule has 3 aliphatic heterocycles. The number of amides is 4. The summed E-state index contributed by atoms with van der Waals surface area (Å²) < 4.78 is 5.90. The first-order valence-corrected chi connectivity index (χ1v) is 12.8. The zero-order valence-electron chi connectivity index (χ0n) is 19.4. The van der Waals surface area contributed by atoms with Crippen LogP contribution in [0.25, 0.3) is 0 Å². The van der Waals surface area contributed by atoms with Gasteiger partial charge in [-0.1, -0.05) is 29.3 Å². The normalized spacial score (nSPS) is 26.4. The highest BCUT2D eigenvalue weighted by Crippen LogP contribution is 2.45. The summed E-state index contributed by atoms with van der Waals surface area (Å²) >= 11 is 12.3. The van der Waals surface area contributed by atoms with Crippen LogP contribution in [-0.2, 0) is 31.9 Å². The number of aliphatic imine (C=N–C) groups is 1. The Morgan fingerprint density at radius 2 is 1.81 bits per heavy atom. The van der Waals surface area contributed by atoms with E-state index in [2.05, 4.69) is 10.3 Å². The fraction of sp³-hybridized carbons (Fsp3) is 0.385. The fourth-order valence-electron chi connectivity index (χ4n) is 5.93. The van der Waals surface area contributed by atoms with Gasteiger partial charge in [-0.15, -0.1) is 0 Å². The van der Waals surface area contributed by atoms with Crippen molar-refractivity contribution < 1.29 is 19.1 Å². The third-order valence-corrected chi connectivity index (χ3v) is 8.25. The minimum absolute atomic E-state index is 0.0438. The third kappa shape index (κ3) is 3.58. The van der Waals surface area contributed by atoms with Gasteiger partial charge in [0.15, 0.2) is 6.40 Å². The molecule has 2 saturated heterocycles. The number of imide groups is 1. The van der Waals surface area contributed by atoms with Crippen molar-refractivity contribution in [3.8, 4) is 0 Å². The predicted molar refractivity (Wildman–Crippen MR) is 134 cm³/mol. The number of nitrogens with zero attached hydrogens (tertiary/aromatic N) is 3. The maximum Gasteiger partial charge on any atom is 0.325 e. The Labute approximate surface area is 218 Å². The average molecular weight is 527 g/mol. The second-order valence-corrected chi connectivity index (χ2v) is 10.6. The fourth-order valence-corrected chi connectivity index (χ4v) is 6.29. The van der Waals surface area contributed by atoms with Gasteiger partial charge in [-0.05, 0) is 60.7 Å². The zero-order chi connectivity index (χ0) is 25.1. The number of piperidine rings is 1. The number of aryl methyl sites for hydroxylation is 1. The lowest BCUT2D eigenvalue weighted by molar-refractivity contribution is -0.142. The number of carbonyl (C=O) groups is 3. The van der Waals surface area contributed by atoms with Crippen LogP contribution in [0.3, 0.4) is 0 Å². The van der Waals surface area contributed by atoms with Crippen molar-refractivity contribution in [3.63, 3.8) is 0 Å². The lowest BCUT2D eigenvalue weighted by Gasteiger charge is -2.42. The molecule has 4 aliphatic rings. The van der Waals surface area contributed by atoms with Gasteiger partial charge in [-0.3, -0.25) is 14.5 Å². The Morgan fingerprint density at radius 3 is 2.64 bits per heavy atom. The highest BCUT2D eigenvalue weighted by Gasteiger charge is 2.55. The molecule has 0 radical (unpaired) electrons. The van der Waals surface area contributed by atoms with E-state index in [1.54, 1.807) is 17.0 Å².